The van der Waals surface area contributed by atoms with Gasteiger partial charge in [-0.25, -0.2) is 4.79 Å². The SMILES string of the molecule is CCOc1ccc(-c2noc(CCCn3c(=O)[nH]c4cc5c(cc4c3=O)OCO5)n2)cc1OC. The van der Waals surface area contributed by atoms with Crippen molar-refractivity contribution in [3.05, 3.63) is 57.1 Å². The molecule has 0 aliphatic carbocycles. The van der Waals surface area contributed by atoms with E-state index in [0.717, 1.165) is 10.1 Å². The molecule has 11 nitrogen and oxygen atoms in total. The summed E-state index contributed by atoms with van der Waals surface area (Å²) < 4.78 is 28.0. The first-order valence-electron chi connectivity index (χ1n) is 10.8. The maximum Gasteiger partial charge on any atom is 0.328 e. The Bertz CT molecular complexity index is 1470. The summed E-state index contributed by atoms with van der Waals surface area (Å²) >= 11 is 0. The number of fused-ring (bicyclic) bond motifs is 2. The van der Waals surface area contributed by atoms with Crippen LogP contribution in [0.1, 0.15) is 19.2 Å². The van der Waals surface area contributed by atoms with E-state index in [1.807, 2.05) is 13.0 Å². The zero-order valence-electron chi connectivity index (χ0n) is 18.6. The molecule has 2 aromatic carbocycles. The molecule has 3 heterocycles. The molecule has 0 unspecified atom stereocenters. The molecule has 0 atom stereocenters. The number of nitrogens with one attached hydrogen (secondary N) is 1. The smallest absolute Gasteiger partial charge is 0.328 e. The van der Waals surface area contributed by atoms with E-state index in [2.05, 4.69) is 15.1 Å². The van der Waals surface area contributed by atoms with Crippen LogP contribution in [-0.2, 0) is 13.0 Å². The van der Waals surface area contributed by atoms with E-state index < -0.39 is 11.2 Å². The average Bonchev–Trinajstić information content (AvgIpc) is 3.50. The van der Waals surface area contributed by atoms with Crippen LogP contribution in [0.3, 0.4) is 0 Å². The van der Waals surface area contributed by atoms with Crippen LogP contribution < -0.4 is 30.2 Å². The van der Waals surface area contributed by atoms with Gasteiger partial charge in [-0.1, -0.05) is 5.16 Å². The van der Waals surface area contributed by atoms with E-state index >= 15 is 0 Å². The minimum atomic E-state index is -0.496. The molecule has 0 saturated heterocycles. The Morgan fingerprint density at radius 3 is 2.74 bits per heavy atom. The Kier molecular flexibility index (Phi) is 5.66. The minimum Gasteiger partial charge on any atom is -0.493 e. The second-order valence-corrected chi connectivity index (χ2v) is 7.55. The predicted molar refractivity (Wildman–Crippen MR) is 121 cm³/mol. The van der Waals surface area contributed by atoms with Crippen molar-refractivity contribution < 1.29 is 23.5 Å². The number of hydrogen-bond acceptors (Lipinski definition) is 9. The summed E-state index contributed by atoms with van der Waals surface area (Å²) in [6, 6.07) is 8.57. The fourth-order valence-electron chi connectivity index (χ4n) is 3.79. The van der Waals surface area contributed by atoms with E-state index in [-0.39, 0.29) is 13.3 Å². The molecule has 1 aliphatic heterocycles. The van der Waals surface area contributed by atoms with Gasteiger partial charge < -0.3 is 28.5 Å². The lowest BCUT2D eigenvalue weighted by Crippen LogP contribution is -2.35. The molecule has 0 bridgehead atoms. The molecular weight excluding hydrogens is 444 g/mol. The van der Waals surface area contributed by atoms with Crippen LogP contribution in [0.2, 0.25) is 0 Å². The first kappa shape index (κ1) is 21.6. The van der Waals surface area contributed by atoms with Crippen LogP contribution in [0.4, 0.5) is 0 Å². The van der Waals surface area contributed by atoms with Crippen molar-refractivity contribution in [3.8, 4) is 34.4 Å². The Labute approximate surface area is 192 Å². The van der Waals surface area contributed by atoms with Crippen LogP contribution in [0.25, 0.3) is 22.3 Å². The summed E-state index contributed by atoms with van der Waals surface area (Å²) in [5.41, 5.74) is 0.230. The molecule has 2 aromatic heterocycles. The summed E-state index contributed by atoms with van der Waals surface area (Å²) in [5, 5.41) is 4.38. The van der Waals surface area contributed by atoms with Crippen molar-refractivity contribution in [2.24, 2.45) is 0 Å². The number of aryl methyl sites for hydroxylation is 1. The highest BCUT2D eigenvalue weighted by Crippen LogP contribution is 2.34. The van der Waals surface area contributed by atoms with Crippen molar-refractivity contribution in [3.63, 3.8) is 0 Å². The zero-order chi connectivity index (χ0) is 23.7. The largest absolute Gasteiger partial charge is 0.493 e. The quantitative estimate of drug-likeness (QED) is 0.416. The van der Waals surface area contributed by atoms with Gasteiger partial charge in [-0.2, -0.15) is 4.98 Å². The molecule has 0 amide bonds. The maximum absolute atomic E-state index is 12.9. The van der Waals surface area contributed by atoms with Crippen LogP contribution >= 0.6 is 0 Å². The summed E-state index contributed by atoms with van der Waals surface area (Å²) in [4.78, 5) is 32.5. The van der Waals surface area contributed by atoms with Gasteiger partial charge in [-0.05, 0) is 37.6 Å². The Morgan fingerprint density at radius 1 is 1.12 bits per heavy atom. The van der Waals surface area contributed by atoms with Gasteiger partial charge in [0.05, 0.1) is 24.6 Å². The normalized spacial score (nSPS) is 12.3. The lowest BCUT2D eigenvalue weighted by atomic mass is 10.2. The number of methoxy groups -OCH3 is 1. The monoisotopic (exact) mass is 466 g/mol. The van der Waals surface area contributed by atoms with Crippen molar-refractivity contribution in [1.82, 2.24) is 19.7 Å². The van der Waals surface area contributed by atoms with Crippen LogP contribution in [0, 0.1) is 0 Å². The van der Waals surface area contributed by atoms with Gasteiger partial charge in [0, 0.05) is 24.6 Å². The second-order valence-electron chi connectivity index (χ2n) is 7.55. The molecular formula is C23H22N4O7. The molecule has 4 aromatic rings. The van der Waals surface area contributed by atoms with E-state index in [1.54, 1.807) is 31.4 Å². The second kappa shape index (κ2) is 8.93. The molecule has 5 rings (SSSR count). The van der Waals surface area contributed by atoms with Gasteiger partial charge in [0.15, 0.2) is 23.0 Å². The van der Waals surface area contributed by atoms with Crippen molar-refractivity contribution >= 4 is 10.9 Å². The molecule has 0 spiro atoms. The number of ether oxygens (including phenoxy) is 4. The Hall–Kier alpha value is -4.28. The molecule has 176 valence electrons. The fraction of sp³-hybridized carbons (Fsp3) is 0.304. The van der Waals surface area contributed by atoms with E-state index in [0.29, 0.717) is 65.1 Å². The van der Waals surface area contributed by atoms with Crippen molar-refractivity contribution in [2.45, 2.75) is 26.3 Å². The van der Waals surface area contributed by atoms with Crippen LogP contribution in [-0.4, -0.2) is 40.2 Å². The Morgan fingerprint density at radius 2 is 1.94 bits per heavy atom. The molecule has 0 radical (unpaired) electrons. The highest BCUT2D eigenvalue weighted by molar-refractivity contribution is 5.81. The highest BCUT2D eigenvalue weighted by atomic mass is 16.7. The number of benzene rings is 2. The molecule has 1 aliphatic rings. The number of nitrogens with zero attached hydrogens (tertiary/aromatic N) is 3. The maximum atomic E-state index is 12.9. The lowest BCUT2D eigenvalue weighted by molar-refractivity contribution is 0.174. The predicted octanol–water partition coefficient (Wildman–Crippen LogP) is 2.51. The highest BCUT2D eigenvalue weighted by Gasteiger charge is 2.18. The van der Waals surface area contributed by atoms with Gasteiger partial charge in [0.2, 0.25) is 18.5 Å². The third-order valence-corrected chi connectivity index (χ3v) is 5.44. The molecule has 1 N–H and O–H groups in total. The Balaban J connectivity index is 1.30. The number of rotatable bonds is 8. The van der Waals surface area contributed by atoms with Gasteiger partial charge >= 0.3 is 5.69 Å². The van der Waals surface area contributed by atoms with Crippen LogP contribution in [0.5, 0.6) is 23.0 Å². The standard InChI is InChI=1S/C23H22N4O7/c1-3-31-16-7-6-13(9-17(16)30-2)21-25-20(34-26-21)5-4-8-27-22(28)14-10-18-19(33-12-32-18)11-15(14)24-23(27)29/h6-7,9-11H,3-5,8,12H2,1-2H3,(H,24,29). The van der Waals surface area contributed by atoms with Gasteiger partial charge in [0.25, 0.3) is 5.56 Å². The third-order valence-electron chi connectivity index (χ3n) is 5.44. The lowest BCUT2D eigenvalue weighted by Gasteiger charge is -2.09. The number of aromatic nitrogens is 4. The van der Waals surface area contributed by atoms with Crippen LogP contribution in [0.15, 0.2) is 44.4 Å². The van der Waals surface area contributed by atoms with E-state index in [4.69, 9.17) is 23.5 Å². The molecule has 0 saturated carbocycles. The minimum absolute atomic E-state index is 0.0830. The van der Waals surface area contributed by atoms with Crippen molar-refractivity contribution in [1.29, 1.82) is 0 Å². The van der Waals surface area contributed by atoms with Gasteiger partial charge in [-0.3, -0.25) is 9.36 Å². The third kappa shape index (κ3) is 3.96. The zero-order valence-corrected chi connectivity index (χ0v) is 18.6. The van der Waals surface area contributed by atoms with Crippen molar-refractivity contribution in [2.75, 3.05) is 20.5 Å². The summed E-state index contributed by atoms with van der Waals surface area (Å²) in [7, 11) is 1.56. The average molecular weight is 466 g/mol. The summed E-state index contributed by atoms with van der Waals surface area (Å²) in [5.74, 6) is 2.99. The van der Waals surface area contributed by atoms with Gasteiger partial charge in [-0.15, -0.1) is 0 Å². The van der Waals surface area contributed by atoms with Gasteiger partial charge in [0.1, 0.15) is 0 Å². The molecule has 34 heavy (non-hydrogen) atoms. The molecule has 0 fully saturated rings. The van der Waals surface area contributed by atoms with E-state index in [9.17, 15) is 9.59 Å². The summed E-state index contributed by atoms with van der Waals surface area (Å²) in [6.07, 6.45) is 0.847. The summed E-state index contributed by atoms with van der Waals surface area (Å²) in [6.45, 7) is 2.69. The number of hydrogen-bond donors (Lipinski definition) is 1. The first-order valence-corrected chi connectivity index (χ1v) is 10.8. The first-order chi connectivity index (χ1) is 16.6. The fourth-order valence-corrected chi connectivity index (χ4v) is 3.79. The molecule has 11 heteroatoms. The number of H-pyrrole nitrogens is 1. The topological polar surface area (TPSA) is 131 Å². The number of aromatic amines is 1. The van der Waals surface area contributed by atoms with E-state index in [1.165, 1.54) is 0 Å².